The summed E-state index contributed by atoms with van der Waals surface area (Å²) < 4.78 is 2.80. The Bertz CT molecular complexity index is 1510. The number of hydrogen-bond acceptors (Lipinski definition) is 6. The molecule has 3 heterocycles. The highest BCUT2D eigenvalue weighted by Gasteiger charge is 2.18. The van der Waals surface area contributed by atoms with Crippen molar-refractivity contribution in [3.63, 3.8) is 0 Å². The van der Waals surface area contributed by atoms with Gasteiger partial charge in [-0.1, -0.05) is 46.3 Å². The molecule has 0 atom stereocenters. The lowest BCUT2D eigenvalue weighted by atomic mass is 10.1. The van der Waals surface area contributed by atoms with Crippen molar-refractivity contribution >= 4 is 44.5 Å². The second kappa shape index (κ2) is 9.03. The number of fused-ring (bicyclic) bond motifs is 1. The van der Waals surface area contributed by atoms with Crippen LogP contribution in [0.15, 0.2) is 77.7 Å². The van der Waals surface area contributed by atoms with Crippen molar-refractivity contribution in [2.24, 2.45) is 0 Å². The molecule has 1 amide bonds. The average molecular weight is 514 g/mol. The van der Waals surface area contributed by atoms with Gasteiger partial charge in [0.1, 0.15) is 23.7 Å². The van der Waals surface area contributed by atoms with Crippen LogP contribution in [0.25, 0.3) is 22.3 Å². The molecule has 0 saturated carbocycles. The Labute approximate surface area is 204 Å². The van der Waals surface area contributed by atoms with Gasteiger partial charge in [0, 0.05) is 21.8 Å². The number of amides is 1. The SMILES string of the molecule is Cc1ccnc(NC(=O)c2ccc(-c3nn(Cc4ccccc4Br)c4ncnc(N)c34)cc2)c1. The predicted molar refractivity (Wildman–Crippen MR) is 135 cm³/mol. The number of rotatable bonds is 5. The fourth-order valence-electron chi connectivity index (χ4n) is 3.70. The summed E-state index contributed by atoms with van der Waals surface area (Å²) in [5, 5.41) is 8.31. The largest absolute Gasteiger partial charge is 0.383 e. The summed E-state index contributed by atoms with van der Waals surface area (Å²) in [5.74, 6) is 0.623. The van der Waals surface area contributed by atoms with Crippen molar-refractivity contribution < 1.29 is 4.79 Å². The minimum absolute atomic E-state index is 0.239. The number of hydrogen-bond donors (Lipinski definition) is 2. The van der Waals surface area contributed by atoms with Gasteiger partial charge in [-0.05, 0) is 48.4 Å². The maximum Gasteiger partial charge on any atom is 0.256 e. The van der Waals surface area contributed by atoms with E-state index >= 15 is 0 Å². The zero-order valence-corrected chi connectivity index (χ0v) is 19.8. The fraction of sp³-hybridized carbons (Fsp3) is 0.0800. The van der Waals surface area contributed by atoms with Crippen LogP contribution >= 0.6 is 15.9 Å². The van der Waals surface area contributed by atoms with Crippen LogP contribution in [-0.2, 0) is 6.54 Å². The first-order chi connectivity index (χ1) is 16.5. The molecule has 0 unspecified atom stereocenters. The number of carbonyl (C=O) groups is 1. The van der Waals surface area contributed by atoms with Gasteiger partial charge in [0.25, 0.3) is 5.91 Å². The third-order valence-electron chi connectivity index (χ3n) is 5.41. The first-order valence-corrected chi connectivity index (χ1v) is 11.3. The predicted octanol–water partition coefficient (Wildman–Crippen LogP) is 4.84. The van der Waals surface area contributed by atoms with Crippen molar-refractivity contribution in [2.45, 2.75) is 13.5 Å². The molecule has 0 bridgehead atoms. The maximum atomic E-state index is 12.7. The number of nitrogens with zero attached hydrogens (tertiary/aromatic N) is 5. The lowest BCUT2D eigenvalue weighted by Crippen LogP contribution is -2.12. The van der Waals surface area contributed by atoms with E-state index in [1.54, 1.807) is 18.3 Å². The van der Waals surface area contributed by atoms with Crippen LogP contribution < -0.4 is 11.1 Å². The van der Waals surface area contributed by atoms with Crippen LogP contribution in [-0.4, -0.2) is 30.6 Å². The molecule has 168 valence electrons. The second-order valence-electron chi connectivity index (χ2n) is 7.81. The number of benzene rings is 2. The molecule has 0 aliphatic rings. The highest BCUT2D eigenvalue weighted by atomic mass is 79.9. The summed E-state index contributed by atoms with van der Waals surface area (Å²) in [6.07, 6.45) is 3.10. The van der Waals surface area contributed by atoms with Crippen LogP contribution in [0.5, 0.6) is 0 Å². The maximum absolute atomic E-state index is 12.7. The van der Waals surface area contributed by atoms with E-state index in [0.717, 1.165) is 21.2 Å². The number of anilines is 2. The summed E-state index contributed by atoms with van der Waals surface area (Å²) in [5.41, 5.74) is 10.9. The molecule has 0 radical (unpaired) electrons. The average Bonchev–Trinajstić information content (AvgIpc) is 3.20. The first kappa shape index (κ1) is 21.7. The van der Waals surface area contributed by atoms with Gasteiger partial charge in [0.2, 0.25) is 0 Å². The summed E-state index contributed by atoms with van der Waals surface area (Å²) >= 11 is 3.59. The lowest BCUT2D eigenvalue weighted by Gasteiger charge is -2.06. The van der Waals surface area contributed by atoms with E-state index in [2.05, 4.69) is 36.2 Å². The summed E-state index contributed by atoms with van der Waals surface area (Å²) in [6.45, 7) is 2.46. The first-order valence-electron chi connectivity index (χ1n) is 10.5. The Hall–Kier alpha value is -4.11. The minimum Gasteiger partial charge on any atom is -0.383 e. The normalized spacial score (nSPS) is 11.0. The molecule has 0 fully saturated rings. The summed E-state index contributed by atoms with van der Waals surface area (Å²) in [7, 11) is 0. The molecule has 5 aromatic rings. The Morgan fingerprint density at radius 2 is 1.85 bits per heavy atom. The van der Waals surface area contributed by atoms with Crippen LogP contribution in [0.1, 0.15) is 21.5 Å². The van der Waals surface area contributed by atoms with Crippen molar-refractivity contribution in [3.8, 4) is 11.3 Å². The summed E-state index contributed by atoms with van der Waals surface area (Å²) in [4.78, 5) is 25.4. The van der Waals surface area contributed by atoms with E-state index < -0.39 is 0 Å². The number of carbonyl (C=O) groups excluding carboxylic acids is 1. The van der Waals surface area contributed by atoms with Gasteiger partial charge in [-0.15, -0.1) is 0 Å². The van der Waals surface area contributed by atoms with Gasteiger partial charge in [-0.25, -0.2) is 19.6 Å². The summed E-state index contributed by atoms with van der Waals surface area (Å²) in [6, 6.07) is 18.8. The minimum atomic E-state index is -0.239. The van der Waals surface area contributed by atoms with Gasteiger partial charge in [-0.2, -0.15) is 5.10 Å². The smallest absolute Gasteiger partial charge is 0.256 e. The number of halogens is 1. The second-order valence-corrected chi connectivity index (χ2v) is 8.66. The lowest BCUT2D eigenvalue weighted by molar-refractivity contribution is 0.102. The van der Waals surface area contributed by atoms with Crippen LogP contribution in [0.2, 0.25) is 0 Å². The van der Waals surface area contributed by atoms with Crippen LogP contribution in [0.4, 0.5) is 11.6 Å². The molecular weight excluding hydrogens is 494 g/mol. The molecule has 0 saturated heterocycles. The molecule has 0 aliphatic carbocycles. The Morgan fingerprint density at radius 1 is 1.06 bits per heavy atom. The van der Waals surface area contributed by atoms with Gasteiger partial charge in [0.05, 0.1) is 11.9 Å². The Kier molecular flexibility index (Phi) is 5.77. The van der Waals surface area contributed by atoms with Crippen molar-refractivity contribution in [1.82, 2.24) is 24.7 Å². The fourth-order valence-corrected chi connectivity index (χ4v) is 4.11. The highest BCUT2D eigenvalue weighted by molar-refractivity contribution is 9.10. The number of nitrogens with one attached hydrogen (secondary N) is 1. The van der Waals surface area contributed by atoms with E-state index in [9.17, 15) is 4.79 Å². The Morgan fingerprint density at radius 3 is 2.62 bits per heavy atom. The zero-order chi connectivity index (χ0) is 23.7. The van der Waals surface area contributed by atoms with Crippen molar-refractivity contribution in [2.75, 3.05) is 11.1 Å². The van der Waals surface area contributed by atoms with E-state index in [1.165, 1.54) is 6.33 Å². The molecule has 9 heteroatoms. The third-order valence-corrected chi connectivity index (χ3v) is 6.19. The molecular formula is C25H20BrN7O. The molecule has 2 aromatic carbocycles. The number of pyridine rings is 1. The molecule has 0 aliphatic heterocycles. The quantitative estimate of drug-likeness (QED) is 0.347. The highest BCUT2D eigenvalue weighted by Crippen LogP contribution is 2.31. The molecule has 8 nitrogen and oxygen atoms in total. The van der Waals surface area contributed by atoms with Gasteiger partial charge < -0.3 is 11.1 Å². The van der Waals surface area contributed by atoms with Gasteiger partial charge in [0.15, 0.2) is 5.65 Å². The monoisotopic (exact) mass is 513 g/mol. The van der Waals surface area contributed by atoms with Crippen molar-refractivity contribution in [3.05, 3.63) is 94.4 Å². The van der Waals surface area contributed by atoms with Crippen LogP contribution in [0.3, 0.4) is 0 Å². The third kappa shape index (κ3) is 4.25. The molecule has 3 N–H and O–H groups in total. The molecule has 5 rings (SSSR count). The number of nitrogen functional groups attached to an aromatic ring is 1. The number of aryl methyl sites for hydroxylation is 1. The van der Waals surface area contributed by atoms with E-state index in [0.29, 0.717) is 40.5 Å². The molecule has 3 aromatic heterocycles. The number of aromatic nitrogens is 5. The molecule has 34 heavy (non-hydrogen) atoms. The van der Waals surface area contributed by atoms with Gasteiger partial charge in [-0.3, -0.25) is 4.79 Å². The topological polar surface area (TPSA) is 112 Å². The van der Waals surface area contributed by atoms with E-state index in [1.807, 2.05) is 60.1 Å². The number of nitrogens with two attached hydrogens (primary N) is 1. The van der Waals surface area contributed by atoms with E-state index in [-0.39, 0.29) is 5.91 Å². The van der Waals surface area contributed by atoms with Crippen molar-refractivity contribution in [1.29, 1.82) is 0 Å². The zero-order valence-electron chi connectivity index (χ0n) is 18.2. The van der Waals surface area contributed by atoms with Gasteiger partial charge >= 0.3 is 0 Å². The Balaban J connectivity index is 1.48. The standard InChI is InChI=1S/C25H20BrN7O/c1-15-10-11-28-20(12-15)31-25(34)17-8-6-16(7-9-17)22-21-23(27)29-14-30-24(21)33(32-22)13-18-4-2-3-5-19(18)26/h2-12,14H,13H2,1H3,(H2,27,29,30)(H,28,31,34). The molecule has 0 spiro atoms. The van der Waals surface area contributed by atoms with Crippen LogP contribution in [0, 0.1) is 6.92 Å². The van der Waals surface area contributed by atoms with E-state index in [4.69, 9.17) is 10.8 Å².